The molecule has 0 bridgehead atoms. The first-order chi connectivity index (χ1) is 19.0. The van der Waals surface area contributed by atoms with E-state index in [0.717, 1.165) is 46.6 Å². The van der Waals surface area contributed by atoms with E-state index in [4.69, 9.17) is 0 Å². The average Bonchev–Trinajstić information content (AvgIpc) is 3.77. The van der Waals surface area contributed by atoms with Crippen molar-refractivity contribution in [3.8, 4) is 11.4 Å². The Balaban J connectivity index is 1.75. The number of halogens is 3. The van der Waals surface area contributed by atoms with Crippen LogP contribution in [0.15, 0.2) is 40.5 Å². The molecular formula is C28H32F3N7OS. The largest absolute Gasteiger partial charge is 0.408 e. The maximum atomic E-state index is 13.8. The average molecular weight is 572 g/mol. The summed E-state index contributed by atoms with van der Waals surface area (Å²) in [5.74, 6) is 1.35. The van der Waals surface area contributed by atoms with Crippen LogP contribution in [-0.2, 0) is 11.3 Å². The Morgan fingerprint density at radius 3 is 2.48 bits per heavy atom. The molecule has 1 saturated carbocycles. The second-order valence-corrected chi connectivity index (χ2v) is 11.0. The molecule has 0 saturated heterocycles. The number of carbonyl (C=O) groups excluding carboxylic acids is 1. The summed E-state index contributed by atoms with van der Waals surface area (Å²) in [5.41, 5.74) is 3.38. The number of aryl methyl sites for hydroxylation is 2. The number of hydrogen-bond acceptors (Lipinski definition) is 8. The van der Waals surface area contributed by atoms with Gasteiger partial charge < -0.3 is 10.2 Å². The third-order valence-corrected chi connectivity index (χ3v) is 7.63. The Kier molecular flexibility index (Phi) is 9.07. The molecule has 1 atom stereocenters. The molecule has 0 spiro atoms. The molecule has 0 unspecified atom stereocenters. The maximum Gasteiger partial charge on any atom is 0.408 e. The van der Waals surface area contributed by atoms with E-state index in [2.05, 4.69) is 37.2 Å². The van der Waals surface area contributed by atoms with Gasteiger partial charge in [0.2, 0.25) is 0 Å². The fraction of sp³-hybridized carbons (Fsp3) is 0.429. The number of benzene rings is 1. The van der Waals surface area contributed by atoms with E-state index < -0.39 is 12.2 Å². The predicted molar refractivity (Wildman–Crippen MR) is 151 cm³/mol. The normalized spacial score (nSPS) is 14.7. The number of amidine groups is 1. The Morgan fingerprint density at radius 1 is 1.18 bits per heavy atom. The van der Waals surface area contributed by atoms with Crippen molar-refractivity contribution in [2.45, 2.75) is 70.1 Å². The van der Waals surface area contributed by atoms with Gasteiger partial charge in [-0.05, 0) is 57.1 Å². The number of aliphatic imine (C=N–C) groups is 1. The molecular weight excluding hydrogens is 539 g/mol. The van der Waals surface area contributed by atoms with Gasteiger partial charge in [0.1, 0.15) is 18.1 Å². The van der Waals surface area contributed by atoms with Gasteiger partial charge in [-0.1, -0.05) is 19.1 Å². The minimum Gasteiger partial charge on any atom is -0.363 e. The van der Waals surface area contributed by atoms with Crippen molar-refractivity contribution in [2.75, 3.05) is 17.7 Å². The van der Waals surface area contributed by atoms with E-state index in [1.54, 1.807) is 25.6 Å². The van der Waals surface area contributed by atoms with Crippen molar-refractivity contribution in [3.63, 3.8) is 0 Å². The van der Waals surface area contributed by atoms with Gasteiger partial charge >= 0.3 is 6.18 Å². The smallest absolute Gasteiger partial charge is 0.363 e. The quantitative estimate of drug-likeness (QED) is 0.138. The third kappa shape index (κ3) is 6.78. The molecule has 3 aromatic rings. The summed E-state index contributed by atoms with van der Waals surface area (Å²) in [6.07, 6.45) is -0.566. The molecule has 1 aliphatic carbocycles. The zero-order valence-electron chi connectivity index (χ0n) is 23.1. The molecule has 8 nitrogen and oxygen atoms in total. The van der Waals surface area contributed by atoms with Crippen molar-refractivity contribution in [1.82, 2.24) is 25.3 Å². The number of aromatic nitrogens is 4. The third-order valence-electron chi connectivity index (χ3n) is 6.73. The molecule has 0 radical (unpaired) electrons. The van der Waals surface area contributed by atoms with Crippen molar-refractivity contribution in [2.24, 2.45) is 4.99 Å². The summed E-state index contributed by atoms with van der Waals surface area (Å²) in [7, 11) is 1.31. The number of alkyl halides is 3. The summed E-state index contributed by atoms with van der Waals surface area (Å²) in [5, 5.41) is 2.99. The predicted octanol–water partition coefficient (Wildman–Crippen LogP) is 5.95. The standard InChI is InChI=1S/C28H32F3N7OS/c1-6-40-21-11-7-19(8-12-21)13-32-22(14-39)36-24-17(3)35-26(37-27(24)38(5)18(4)28(29,30)31)23-16(2)33-15-34-25(23)20-9-10-20/h7-8,11-12,14-15,18,20H,6,9-10,13H2,1-5H3,(H,32,36)/t18-/m0/s1. The topological polar surface area (TPSA) is 96.3 Å². The highest BCUT2D eigenvalue weighted by Crippen LogP contribution is 2.44. The Morgan fingerprint density at radius 2 is 1.88 bits per heavy atom. The van der Waals surface area contributed by atoms with E-state index in [0.29, 0.717) is 29.8 Å². The first kappa shape index (κ1) is 29.4. The van der Waals surface area contributed by atoms with Crippen LogP contribution in [0.5, 0.6) is 0 Å². The van der Waals surface area contributed by atoms with Crippen molar-refractivity contribution in [3.05, 3.63) is 53.2 Å². The first-order valence-electron chi connectivity index (χ1n) is 13.0. The highest BCUT2D eigenvalue weighted by molar-refractivity contribution is 7.99. The Hall–Kier alpha value is -3.54. The van der Waals surface area contributed by atoms with E-state index in [1.165, 1.54) is 13.4 Å². The van der Waals surface area contributed by atoms with E-state index in [1.807, 2.05) is 24.3 Å². The number of carbonyl (C=O) groups is 1. The molecule has 12 heteroatoms. The Labute approximate surface area is 236 Å². The van der Waals surface area contributed by atoms with Crippen LogP contribution in [0.25, 0.3) is 11.4 Å². The number of aldehydes is 1. The Bertz CT molecular complexity index is 1390. The van der Waals surface area contributed by atoms with Crippen molar-refractivity contribution >= 4 is 35.4 Å². The number of thioether (sulfide) groups is 1. The van der Waals surface area contributed by atoms with Crippen LogP contribution in [0.1, 0.15) is 55.3 Å². The fourth-order valence-electron chi connectivity index (χ4n) is 4.17. The van der Waals surface area contributed by atoms with Crippen LogP contribution in [0.3, 0.4) is 0 Å². The summed E-state index contributed by atoms with van der Waals surface area (Å²) in [4.78, 5) is 36.5. The summed E-state index contributed by atoms with van der Waals surface area (Å²) < 4.78 is 41.4. The molecule has 1 aromatic carbocycles. The van der Waals surface area contributed by atoms with Gasteiger partial charge in [0.15, 0.2) is 23.8 Å². The molecule has 1 aliphatic rings. The number of anilines is 1. The van der Waals surface area contributed by atoms with E-state index in [9.17, 15) is 18.0 Å². The van der Waals surface area contributed by atoms with Crippen LogP contribution >= 0.6 is 11.8 Å². The summed E-state index contributed by atoms with van der Waals surface area (Å²) in [6, 6.07) is 6.02. The minimum atomic E-state index is -4.52. The van der Waals surface area contributed by atoms with Crippen LogP contribution in [0.4, 0.5) is 24.7 Å². The van der Waals surface area contributed by atoms with E-state index >= 15 is 0 Å². The van der Waals surface area contributed by atoms with Crippen LogP contribution in [0.2, 0.25) is 0 Å². The zero-order chi connectivity index (χ0) is 29.0. The van der Waals surface area contributed by atoms with Gasteiger partial charge in [-0.25, -0.2) is 24.9 Å². The molecule has 1 N–H and O–H groups in total. The molecule has 2 aromatic heterocycles. The molecule has 0 amide bonds. The lowest BCUT2D eigenvalue weighted by atomic mass is 10.1. The first-order valence-corrected chi connectivity index (χ1v) is 14.0. The van der Waals surface area contributed by atoms with Crippen LogP contribution in [-0.4, -0.2) is 57.1 Å². The minimum absolute atomic E-state index is 0.0422. The monoisotopic (exact) mass is 571 g/mol. The van der Waals surface area contributed by atoms with Crippen LogP contribution in [0, 0.1) is 13.8 Å². The van der Waals surface area contributed by atoms with Gasteiger partial charge in [0.05, 0.1) is 22.6 Å². The summed E-state index contributed by atoms with van der Waals surface area (Å²) >= 11 is 1.72. The van der Waals surface area contributed by atoms with E-state index in [-0.39, 0.29) is 29.1 Å². The molecule has 2 heterocycles. The second-order valence-electron chi connectivity index (χ2n) is 9.67. The molecule has 4 rings (SSSR count). The lowest BCUT2D eigenvalue weighted by Gasteiger charge is -2.29. The molecule has 40 heavy (non-hydrogen) atoms. The highest BCUT2D eigenvalue weighted by Gasteiger charge is 2.40. The number of rotatable bonds is 10. The van der Waals surface area contributed by atoms with Crippen molar-refractivity contribution < 1.29 is 18.0 Å². The van der Waals surface area contributed by atoms with Crippen molar-refractivity contribution in [1.29, 1.82) is 0 Å². The molecule has 212 valence electrons. The fourth-order valence-corrected chi connectivity index (χ4v) is 4.83. The van der Waals surface area contributed by atoms with Crippen LogP contribution < -0.4 is 10.2 Å². The number of hydrogen-bond donors (Lipinski definition) is 1. The number of nitrogens with one attached hydrogen (secondary N) is 1. The van der Waals surface area contributed by atoms with Gasteiger partial charge in [0, 0.05) is 24.4 Å². The number of nitrogens with zero attached hydrogens (tertiary/aromatic N) is 6. The molecule has 1 fully saturated rings. The zero-order valence-corrected chi connectivity index (χ0v) is 23.9. The molecule has 0 aliphatic heterocycles. The van der Waals surface area contributed by atoms with Gasteiger partial charge in [-0.2, -0.15) is 13.2 Å². The highest BCUT2D eigenvalue weighted by atomic mass is 32.2. The van der Waals surface area contributed by atoms with Gasteiger partial charge in [0.25, 0.3) is 0 Å². The van der Waals surface area contributed by atoms with Gasteiger partial charge in [-0.15, -0.1) is 11.8 Å². The summed E-state index contributed by atoms with van der Waals surface area (Å²) in [6.45, 7) is 6.88. The lowest BCUT2D eigenvalue weighted by Crippen LogP contribution is -2.41. The maximum absolute atomic E-state index is 13.8. The lowest BCUT2D eigenvalue weighted by molar-refractivity contribution is -0.144. The second kappa shape index (κ2) is 12.3. The SMILES string of the molecule is CCSc1ccc(CN/C(C=O)=N/c2c(C)nc(-c3c(C)ncnc3C3CC3)nc2N(C)[C@@H](C)C(F)(F)F)cc1. The van der Waals surface area contributed by atoms with Gasteiger partial charge in [-0.3, -0.25) is 4.79 Å².